The number of carbonyl (C=O) groups is 2. The van der Waals surface area contributed by atoms with Crippen LogP contribution in [0.2, 0.25) is 0 Å². The van der Waals surface area contributed by atoms with Gasteiger partial charge in [-0.2, -0.15) is 0 Å². The molecule has 0 bridgehead atoms. The molecule has 5 heteroatoms. The van der Waals surface area contributed by atoms with Gasteiger partial charge < -0.3 is 5.11 Å². The summed E-state index contributed by atoms with van der Waals surface area (Å²) in [4.78, 5) is 32.0. The summed E-state index contributed by atoms with van der Waals surface area (Å²) in [5.41, 5.74) is 5.73. The van der Waals surface area contributed by atoms with Gasteiger partial charge in [-0.1, -0.05) is 23.8 Å². The minimum Gasteiger partial charge on any atom is -0.507 e. The molecule has 1 aliphatic rings. The minimum absolute atomic E-state index is 0.0871. The third kappa shape index (κ3) is 3.63. The summed E-state index contributed by atoms with van der Waals surface area (Å²) >= 11 is 0. The smallest absolute Gasteiger partial charge is 0.300 e. The molecule has 156 valence electrons. The Bertz CT molecular complexity index is 1210. The van der Waals surface area contributed by atoms with Crippen LogP contribution in [-0.2, 0) is 9.59 Å². The highest BCUT2D eigenvalue weighted by atomic mass is 16.3. The lowest BCUT2D eigenvalue weighted by Crippen LogP contribution is -2.29. The Morgan fingerprint density at radius 2 is 1.52 bits per heavy atom. The van der Waals surface area contributed by atoms with Gasteiger partial charge in [0.15, 0.2) is 0 Å². The zero-order valence-electron chi connectivity index (χ0n) is 18.0. The largest absolute Gasteiger partial charge is 0.507 e. The molecule has 0 spiro atoms. The molecule has 1 aromatic heterocycles. The van der Waals surface area contributed by atoms with Crippen molar-refractivity contribution in [3.05, 3.63) is 99.9 Å². The van der Waals surface area contributed by atoms with E-state index in [2.05, 4.69) is 4.98 Å². The molecule has 0 aliphatic carbocycles. The quantitative estimate of drug-likeness (QED) is 0.376. The summed E-state index contributed by atoms with van der Waals surface area (Å²) in [6, 6.07) is 14.2. The maximum Gasteiger partial charge on any atom is 0.300 e. The first kappa shape index (κ1) is 20.5. The molecular weight excluding hydrogens is 388 g/mol. The standard InChI is InChI=1S/C26H24N2O3/c1-15-5-6-18(4)21(14-15)24(29)22-23(19-7-9-27-10-8-19)28(26(31)25(22)30)20-12-16(2)11-17(3)13-20/h5-14,23,29H,1-4H3/b24-22+. The Morgan fingerprint density at radius 1 is 0.871 bits per heavy atom. The van der Waals surface area contributed by atoms with Gasteiger partial charge in [-0.05, 0) is 80.3 Å². The predicted octanol–water partition coefficient (Wildman–Crippen LogP) is 4.94. The Morgan fingerprint density at radius 3 is 2.16 bits per heavy atom. The van der Waals surface area contributed by atoms with Crippen LogP contribution in [0.1, 0.15) is 39.4 Å². The van der Waals surface area contributed by atoms with E-state index >= 15 is 0 Å². The molecular formula is C26H24N2O3. The van der Waals surface area contributed by atoms with Gasteiger partial charge >= 0.3 is 0 Å². The van der Waals surface area contributed by atoms with Crippen LogP contribution in [0.5, 0.6) is 0 Å². The molecule has 5 nitrogen and oxygen atoms in total. The molecule has 2 aromatic carbocycles. The number of aryl methyl sites for hydroxylation is 4. The van der Waals surface area contributed by atoms with Gasteiger partial charge in [0.2, 0.25) is 0 Å². The highest BCUT2D eigenvalue weighted by molar-refractivity contribution is 6.51. The first-order valence-electron chi connectivity index (χ1n) is 10.1. The summed E-state index contributed by atoms with van der Waals surface area (Å²) in [7, 11) is 0. The maximum absolute atomic E-state index is 13.2. The Labute approximate surface area is 181 Å². The van der Waals surface area contributed by atoms with Crippen molar-refractivity contribution in [3.8, 4) is 0 Å². The van der Waals surface area contributed by atoms with Crippen LogP contribution in [0.3, 0.4) is 0 Å². The van der Waals surface area contributed by atoms with E-state index in [-0.39, 0.29) is 11.3 Å². The van der Waals surface area contributed by atoms with Crippen LogP contribution in [0.15, 0.2) is 66.5 Å². The fraction of sp³-hybridized carbons (Fsp3) is 0.192. The van der Waals surface area contributed by atoms with Crippen LogP contribution < -0.4 is 4.90 Å². The SMILES string of the molecule is Cc1cc(C)cc(N2C(=O)C(=O)/C(=C(/O)c3cc(C)ccc3C)C2c2ccncc2)c1. The number of Topliss-reactive ketones (excluding diaryl/α,β-unsaturated/α-hetero) is 1. The van der Waals surface area contributed by atoms with Crippen LogP contribution in [-0.4, -0.2) is 21.8 Å². The summed E-state index contributed by atoms with van der Waals surface area (Å²) in [5, 5.41) is 11.3. The number of ketones is 1. The molecule has 1 N–H and O–H groups in total. The number of benzene rings is 2. The second-order valence-corrected chi connectivity index (χ2v) is 8.11. The molecule has 1 saturated heterocycles. The summed E-state index contributed by atoms with van der Waals surface area (Å²) in [5.74, 6) is -1.51. The van der Waals surface area contributed by atoms with Crippen LogP contribution in [0.4, 0.5) is 5.69 Å². The zero-order chi connectivity index (χ0) is 22.3. The van der Waals surface area contributed by atoms with E-state index in [0.717, 1.165) is 22.3 Å². The van der Waals surface area contributed by atoms with E-state index in [0.29, 0.717) is 16.8 Å². The van der Waals surface area contributed by atoms with Gasteiger partial charge in [-0.3, -0.25) is 19.5 Å². The normalized spacial score (nSPS) is 17.9. The van der Waals surface area contributed by atoms with E-state index in [1.54, 1.807) is 24.5 Å². The molecule has 0 saturated carbocycles. The lowest BCUT2D eigenvalue weighted by atomic mass is 9.93. The van der Waals surface area contributed by atoms with Gasteiger partial charge in [-0.25, -0.2) is 0 Å². The number of nitrogens with zero attached hydrogens (tertiary/aromatic N) is 2. The molecule has 31 heavy (non-hydrogen) atoms. The Kier molecular flexibility index (Phi) is 5.19. The summed E-state index contributed by atoms with van der Waals surface area (Å²) in [6.45, 7) is 7.69. The van der Waals surface area contributed by atoms with Crippen molar-refractivity contribution in [3.63, 3.8) is 0 Å². The van der Waals surface area contributed by atoms with Crippen molar-refractivity contribution >= 4 is 23.1 Å². The van der Waals surface area contributed by atoms with E-state index < -0.39 is 17.7 Å². The number of pyridine rings is 1. The van der Waals surface area contributed by atoms with Gasteiger partial charge in [0.25, 0.3) is 11.7 Å². The fourth-order valence-electron chi connectivity index (χ4n) is 4.19. The highest BCUT2D eigenvalue weighted by Gasteiger charge is 2.47. The average molecular weight is 412 g/mol. The fourth-order valence-corrected chi connectivity index (χ4v) is 4.19. The minimum atomic E-state index is -0.746. The summed E-state index contributed by atoms with van der Waals surface area (Å²) in [6.07, 6.45) is 3.24. The van der Waals surface area contributed by atoms with Crippen LogP contribution in [0.25, 0.3) is 5.76 Å². The van der Waals surface area contributed by atoms with Crippen molar-refractivity contribution in [2.24, 2.45) is 0 Å². The second-order valence-electron chi connectivity index (χ2n) is 8.11. The number of hydrogen-bond acceptors (Lipinski definition) is 4. The molecule has 0 radical (unpaired) electrons. The third-order valence-corrected chi connectivity index (χ3v) is 5.60. The third-order valence-electron chi connectivity index (χ3n) is 5.60. The first-order chi connectivity index (χ1) is 14.8. The van der Waals surface area contributed by atoms with Crippen LogP contribution >= 0.6 is 0 Å². The van der Waals surface area contributed by atoms with E-state index in [9.17, 15) is 14.7 Å². The summed E-state index contributed by atoms with van der Waals surface area (Å²) < 4.78 is 0. The number of rotatable bonds is 3. The van der Waals surface area contributed by atoms with Crippen molar-refractivity contribution in [1.29, 1.82) is 0 Å². The number of anilines is 1. The number of aromatic nitrogens is 1. The van der Waals surface area contributed by atoms with Crippen molar-refractivity contribution < 1.29 is 14.7 Å². The number of aliphatic hydroxyl groups is 1. The topological polar surface area (TPSA) is 70.5 Å². The first-order valence-corrected chi connectivity index (χ1v) is 10.1. The molecule has 3 aromatic rings. The van der Waals surface area contributed by atoms with Crippen molar-refractivity contribution in [2.75, 3.05) is 4.90 Å². The maximum atomic E-state index is 13.2. The number of carbonyl (C=O) groups excluding carboxylic acids is 2. The van der Waals surface area contributed by atoms with Gasteiger partial charge in [0.1, 0.15) is 5.76 Å². The average Bonchev–Trinajstić information content (AvgIpc) is 3.00. The van der Waals surface area contributed by atoms with Gasteiger partial charge in [0.05, 0.1) is 11.6 Å². The highest BCUT2D eigenvalue weighted by Crippen LogP contribution is 2.42. The Hall–Kier alpha value is -3.73. The van der Waals surface area contributed by atoms with E-state index in [1.807, 2.05) is 64.1 Å². The van der Waals surface area contributed by atoms with Gasteiger partial charge in [0, 0.05) is 23.6 Å². The molecule has 1 amide bonds. The molecule has 1 aliphatic heterocycles. The monoisotopic (exact) mass is 412 g/mol. The predicted molar refractivity (Wildman–Crippen MR) is 121 cm³/mol. The second kappa shape index (κ2) is 7.84. The number of amides is 1. The molecule has 2 heterocycles. The van der Waals surface area contributed by atoms with Crippen molar-refractivity contribution in [2.45, 2.75) is 33.7 Å². The lowest BCUT2D eigenvalue weighted by molar-refractivity contribution is -0.132. The van der Waals surface area contributed by atoms with Gasteiger partial charge in [-0.15, -0.1) is 0 Å². The number of hydrogen-bond donors (Lipinski definition) is 1. The zero-order valence-corrected chi connectivity index (χ0v) is 18.0. The Balaban J connectivity index is 1.99. The molecule has 1 atom stereocenters. The molecule has 1 fully saturated rings. The van der Waals surface area contributed by atoms with E-state index in [4.69, 9.17) is 0 Å². The lowest BCUT2D eigenvalue weighted by Gasteiger charge is -2.26. The van der Waals surface area contributed by atoms with Crippen LogP contribution in [0, 0.1) is 27.7 Å². The van der Waals surface area contributed by atoms with E-state index in [1.165, 1.54) is 4.90 Å². The van der Waals surface area contributed by atoms with Crippen molar-refractivity contribution in [1.82, 2.24) is 4.98 Å². The molecule has 1 unspecified atom stereocenters. The molecule has 4 rings (SSSR count). The number of aliphatic hydroxyl groups excluding tert-OH is 1.